The Morgan fingerprint density at radius 3 is 2.56 bits per heavy atom. The molecule has 0 N–H and O–H groups in total. The van der Waals surface area contributed by atoms with Gasteiger partial charge in [0.05, 0.1) is 0 Å². The van der Waals surface area contributed by atoms with Crippen LogP contribution in [0, 0.1) is 6.07 Å². The Bertz CT molecular complexity index is 478. The van der Waals surface area contributed by atoms with Crippen LogP contribution in [0.4, 0.5) is 0 Å². The minimum absolute atomic E-state index is 0.762. The Labute approximate surface area is 97.3 Å². The third kappa shape index (κ3) is 1.84. The predicted molar refractivity (Wildman–Crippen MR) is 68.6 cm³/mol. The van der Waals surface area contributed by atoms with Gasteiger partial charge in [0.15, 0.2) is 0 Å². The number of rotatable bonds is 1. The molecule has 0 unspecified atom stereocenters. The maximum atomic E-state index is 3.60. The number of hydrogen-bond donors (Lipinski definition) is 0. The molecular weight excluding hydrogens is 192 g/mol. The molecule has 1 saturated carbocycles. The molecule has 2 aromatic rings. The maximum absolute atomic E-state index is 3.60. The third-order valence-electron chi connectivity index (χ3n) is 3.73. The molecule has 1 radical (unpaired) electrons. The Kier molecular flexibility index (Phi) is 2.65. The summed E-state index contributed by atoms with van der Waals surface area (Å²) >= 11 is 0. The molecule has 0 bridgehead atoms. The van der Waals surface area contributed by atoms with Crippen molar-refractivity contribution in [2.75, 3.05) is 0 Å². The van der Waals surface area contributed by atoms with Crippen LogP contribution in [0.15, 0.2) is 36.4 Å². The molecule has 0 heterocycles. The summed E-state index contributed by atoms with van der Waals surface area (Å²) in [6, 6.07) is 16.6. The highest BCUT2D eigenvalue weighted by Crippen LogP contribution is 2.33. The van der Waals surface area contributed by atoms with Crippen molar-refractivity contribution >= 4 is 10.8 Å². The minimum Gasteiger partial charge on any atom is -0.0616 e. The second kappa shape index (κ2) is 4.29. The molecule has 0 amide bonds. The van der Waals surface area contributed by atoms with E-state index in [1.165, 1.54) is 48.4 Å². The molecular formula is C16H17. The fraction of sp³-hybridized carbons (Fsp3) is 0.375. The van der Waals surface area contributed by atoms with Crippen LogP contribution >= 0.6 is 0 Å². The van der Waals surface area contributed by atoms with E-state index in [9.17, 15) is 0 Å². The highest BCUT2D eigenvalue weighted by atomic mass is 14.2. The lowest BCUT2D eigenvalue weighted by Gasteiger charge is -2.21. The molecule has 2 aromatic carbocycles. The molecule has 1 fully saturated rings. The third-order valence-corrected chi connectivity index (χ3v) is 3.73. The average Bonchev–Trinajstić information content (AvgIpc) is 2.39. The van der Waals surface area contributed by atoms with E-state index in [0.717, 1.165) is 5.92 Å². The van der Waals surface area contributed by atoms with E-state index in [0.29, 0.717) is 0 Å². The van der Waals surface area contributed by atoms with E-state index >= 15 is 0 Å². The lowest BCUT2D eigenvalue weighted by Crippen LogP contribution is -2.04. The molecule has 0 aliphatic heterocycles. The van der Waals surface area contributed by atoms with Crippen LogP contribution in [0.3, 0.4) is 0 Å². The van der Waals surface area contributed by atoms with Crippen molar-refractivity contribution in [1.29, 1.82) is 0 Å². The van der Waals surface area contributed by atoms with Gasteiger partial charge in [-0.3, -0.25) is 0 Å². The molecule has 0 spiro atoms. The van der Waals surface area contributed by atoms with Gasteiger partial charge in [0, 0.05) is 0 Å². The molecule has 0 aromatic heterocycles. The van der Waals surface area contributed by atoms with Gasteiger partial charge in [0.25, 0.3) is 0 Å². The van der Waals surface area contributed by atoms with E-state index in [2.05, 4.69) is 42.5 Å². The van der Waals surface area contributed by atoms with Crippen molar-refractivity contribution in [2.45, 2.75) is 38.0 Å². The first kappa shape index (κ1) is 9.89. The highest BCUT2D eigenvalue weighted by Gasteiger charge is 2.15. The molecule has 0 saturated heterocycles. The lowest BCUT2D eigenvalue weighted by molar-refractivity contribution is 0.443. The molecule has 1 aliphatic carbocycles. The van der Waals surface area contributed by atoms with Crippen LogP contribution in [-0.4, -0.2) is 0 Å². The van der Waals surface area contributed by atoms with Crippen molar-refractivity contribution < 1.29 is 0 Å². The van der Waals surface area contributed by atoms with Gasteiger partial charge in [-0.2, -0.15) is 0 Å². The first-order valence-electron chi connectivity index (χ1n) is 6.34. The van der Waals surface area contributed by atoms with E-state index in [1.807, 2.05) is 0 Å². The van der Waals surface area contributed by atoms with Gasteiger partial charge in [-0.25, -0.2) is 0 Å². The standard InChI is InChI=1S/C16H17/c1-2-6-13(7-3-1)16-11-10-14-8-4-5-9-15(14)12-16/h4-5,8-11,13H,1-3,6-7H2. The van der Waals surface area contributed by atoms with Gasteiger partial charge in [0.1, 0.15) is 0 Å². The highest BCUT2D eigenvalue weighted by molar-refractivity contribution is 5.82. The fourth-order valence-electron chi connectivity index (χ4n) is 2.78. The van der Waals surface area contributed by atoms with Crippen LogP contribution in [0.2, 0.25) is 0 Å². The van der Waals surface area contributed by atoms with Crippen LogP contribution < -0.4 is 0 Å². The number of hydrogen-bond acceptors (Lipinski definition) is 0. The summed E-state index contributed by atoms with van der Waals surface area (Å²) in [5.41, 5.74) is 1.43. The van der Waals surface area contributed by atoms with Gasteiger partial charge in [0.2, 0.25) is 0 Å². The second-order valence-corrected chi connectivity index (χ2v) is 4.84. The van der Waals surface area contributed by atoms with Crippen LogP contribution in [0.1, 0.15) is 43.6 Å². The van der Waals surface area contributed by atoms with Crippen LogP contribution in [0.25, 0.3) is 10.8 Å². The summed E-state index contributed by atoms with van der Waals surface area (Å²) in [5, 5.41) is 2.58. The summed E-state index contributed by atoms with van der Waals surface area (Å²) in [7, 11) is 0. The smallest absolute Gasteiger partial charge is 0.00614 e. The summed E-state index contributed by atoms with van der Waals surface area (Å²) in [6.45, 7) is 0. The SMILES string of the molecule is [c]1c(C2CCCCC2)ccc2ccccc12. The van der Waals surface area contributed by atoms with Gasteiger partial charge in [-0.05, 0) is 41.2 Å². The van der Waals surface area contributed by atoms with Crippen LogP contribution in [0.5, 0.6) is 0 Å². The fourth-order valence-corrected chi connectivity index (χ4v) is 2.78. The zero-order chi connectivity index (χ0) is 10.8. The normalized spacial score (nSPS) is 17.8. The molecule has 0 atom stereocenters. The zero-order valence-corrected chi connectivity index (χ0v) is 9.58. The Morgan fingerprint density at radius 1 is 0.875 bits per heavy atom. The zero-order valence-electron chi connectivity index (χ0n) is 9.58. The Balaban J connectivity index is 1.97. The second-order valence-electron chi connectivity index (χ2n) is 4.84. The topological polar surface area (TPSA) is 0 Å². The summed E-state index contributed by atoms with van der Waals surface area (Å²) in [5.74, 6) is 0.762. The molecule has 16 heavy (non-hydrogen) atoms. The minimum atomic E-state index is 0.762. The maximum Gasteiger partial charge on any atom is -0.00614 e. The van der Waals surface area contributed by atoms with Crippen molar-refractivity contribution in [2.24, 2.45) is 0 Å². The molecule has 81 valence electrons. The quantitative estimate of drug-likeness (QED) is 0.639. The van der Waals surface area contributed by atoms with E-state index in [-0.39, 0.29) is 0 Å². The Hall–Kier alpha value is -1.30. The number of benzene rings is 2. The van der Waals surface area contributed by atoms with Gasteiger partial charge < -0.3 is 0 Å². The largest absolute Gasteiger partial charge is 0.0616 e. The molecule has 1 aliphatic rings. The predicted octanol–water partition coefficient (Wildman–Crippen LogP) is 4.69. The first-order chi connectivity index (χ1) is 7.93. The first-order valence-corrected chi connectivity index (χ1v) is 6.34. The molecule has 3 rings (SSSR count). The van der Waals surface area contributed by atoms with Crippen molar-refractivity contribution in [3.8, 4) is 0 Å². The van der Waals surface area contributed by atoms with Crippen molar-refractivity contribution in [1.82, 2.24) is 0 Å². The molecule has 0 nitrogen and oxygen atoms in total. The van der Waals surface area contributed by atoms with Gasteiger partial charge in [-0.15, -0.1) is 0 Å². The van der Waals surface area contributed by atoms with E-state index in [1.54, 1.807) is 0 Å². The molecule has 0 heteroatoms. The summed E-state index contributed by atoms with van der Waals surface area (Å²) in [6.07, 6.45) is 6.92. The summed E-state index contributed by atoms with van der Waals surface area (Å²) in [4.78, 5) is 0. The van der Waals surface area contributed by atoms with Gasteiger partial charge >= 0.3 is 0 Å². The van der Waals surface area contributed by atoms with Crippen LogP contribution in [-0.2, 0) is 0 Å². The van der Waals surface area contributed by atoms with Crippen molar-refractivity contribution in [3.63, 3.8) is 0 Å². The van der Waals surface area contributed by atoms with Crippen molar-refractivity contribution in [3.05, 3.63) is 48.0 Å². The monoisotopic (exact) mass is 209 g/mol. The average molecular weight is 209 g/mol. The summed E-state index contributed by atoms with van der Waals surface area (Å²) < 4.78 is 0. The van der Waals surface area contributed by atoms with E-state index in [4.69, 9.17) is 0 Å². The van der Waals surface area contributed by atoms with Gasteiger partial charge in [-0.1, -0.05) is 55.7 Å². The lowest BCUT2D eigenvalue weighted by atomic mass is 9.83. The Morgan fingerprint density at radius 2 is 1.69 bits per heavy atom. The van der Waals surface area contributed by atoms with E-state index < -0.39 is 0 Å². The number of fused-ring (bicyclic) bond motifs is 1.